The van der Waals surface area contributed by atoms with E-state index in [1.54, 1.807) is 0 Å². The van der Waals surface area contributed by atoms with Crippen molar-refractivity contribution >= 4 is 0 Å². The van der Waals surface area contributed by atoms with E-state index in [4.69, 9.17) is 0 Å². The molecule has 0 N–H and O–H groups in total. The Morgan fingerprint density at radius 1 is 0.500 bits per heavy atom. The van der Waals surface area contributed by atoms with Gasteiger partial charge in [-0.3, -0.25) is 0 Å². The van der Waals surface area contributed by atoms with Gasteiger partial charge in [0.05, 0.1) is 0 Å². The van der Waals surface area contributed by atoms with Gasteiger partial charge in [0.1, 0.15) is 0 Å². The molecule has 0 atom stereocenters. The maximum absolute atomic E-state index is 2.26. The molecule has 0 heteroatoms. The lowest BCUT2D eigenvalue weighted by Gasteiger charge is -2.08. The van der Waals surface area contributed by atoms with Gasteiger partial charge in [0.15, 0.2) is 0 Å². The third-order valence-electron chi connectivity index (χ3n) is 3.35. The van der Waals surface area contributed by atoms with Crippen LogP contribution in [0.4, 0.5) is 0 Å². The van der Waals surface area contributed by atoms with E-state index >= 15 is 0 Å². The summed E-state index contributed by atoms with van der Waals surface area (Å²) in [4.78, 5) is 0. The first-order valence-electron chi connectivity index (χ1n) is 5.73. The zero-order valence-corrected chi connectivity index (χ0v) is 10.5. The normalized spacial score (nSPS) is 10.5. The van der Waals surface area contributed by atoms with E-state index in [9.17, 15) is 0 Å². The highest BCUT2D eigenvalue weighted by molar-refractivity contribution is 5.66. The summed E-state index contributed by atoms with van der Waals surface area (Å²) in [7, 11) is 0. The fourth-order valence-electron chi connectivity index (χ4n) is 1.84. The molecule has 2 aromatic carbocycles. The standard InChI is InChI=1S/C16H18/c1-11-5-7-15(9-13(11)3)16-8-6-12(2)14(4)10-16/h5-10H,1-4H3. The second-order valence-corrected chi connectivity index (χ2v) is 4.60. The van der Waals surface area contributed by atoms with Crippen LogP contribution in [0.25, 0.3) is 11.1 Å². The largest absolute Gasteiger partial charge is 0.0584 e. The first-order valence-corrected chi connectivity index (χ1v) is 5.73. The molecular formula is C16H18. The molecule has 0 fully saturated rings. The van der Waals surface area contributed by atoms with E-state index < -0.39 is 0 Å². The van der Waals surface area contributed by atoms with E-state index in [0.29, 0.717) is 0 Å². The summed E-state index contributed by atoms with van der Waals surface area (Å²) in [5.41, 5.74) is 8.05. The first-order chi connectivity index (χ1) is 7.58. The molecule has 0 bridgehead atoms. The van der Waals surface area contributed by atoms with Crippen LogP contribution in [0.2, 0.25) is 0 Å². The minimum Gasteiger partial charge on any atom is -0.0584 e. The lowest BCUT2D eigenvalue weighted by Crippen LogP contribution is -1.86. The van der Waals surface area contributed by atoms with E-state index in [1.807, 2.05) is 0 Å². The maximum atomic E-state index is 2.26. The molecule has 2 aromatic rings. The van der Waals surface area contributed by atoms with Crippen molar-refractivity contribution in [3.8, 4) is 11.1 Å². The lowest BCUT2D eigenvalue weighted by molar-refractivity contribution is 1.32. The Labute approximate surface area is 97.9 Å². The summed E-state index contributed by atoms with van der Waals surface area (Å²) < 4.78 is 0. The Hall–Kier alpha value is -1.56. The van der Waals surface area contributed by atoms with E-state index in [0.717, 1.165) is 0 Å². The maximum Gasteiger partial charge on any atom is -0.0181 e. The van der Waals surface area contributed by atoms with Gasteiger partial charge in [0, 0.05) is 0 Å². The summed E-state index contributed by atoms with van der Waals surface area (Å²) in [6.45, 7) is 8.64. The molecule has 0 aliphatic rings. The zero-order valence-electron chi connectivity index (χ0n) is 10.5. The molecule has 2 rings (SSSR count). The van der Waals surface area contributed by atoms with Crippen molar-refractivity contribution in [2.24, 2.45) is 0 Å². The van der Waals surface area contributed by atoms with Crippen molar-refractivity contribution in [2.75, 3.05) is 0 Å². The Balaban J connectivity index is 2.50. The van der Waals surface area contributed by atoms with Gasteiger partial charge in [-0.15, -0.1) is 0 Å². The van der Waals surface area contributed by atoms with Crippen LogP contribution in [0.5, 0.6) is 0 Å². The van der Waals surface area contributed by atoms with Crippen LogP contribution in [0, 0.1) is 27.7 Å². The summed E-state index contributed by atoms with van der Waals surface area (Å²) in [5, 5.41) is 0. The fourth-order valence-corrected chi connectivity index (χ4v) is 1.84. The Morgan fingerprint density at radius 2 is 0.875 bits per heavy atom. The molecule has 0 saturated carbocycles. The van der Waals surface area contributed by atoms with Crippen molar-refractivity contribution in [2.45, 2.75) is 27.7 Å². The van der Waals surface area contributed by atoms with Gasteiger partial charge in [-0.2, -0.15) is 0 Å². The molecule has 0 spiro atoms. The monoisotopic (exact) mass is 210 g/mol. The zero-order chi connectivity index (χ0) is 11.7. The lowest BCUT2D eigenvalue weighted by atomic mass is 9.98. The quantitative estimate of drug-likeness (QED) is 0.646. The smallest absolute Gasteiger partial charge is 0.0181 e. The van der Waals surface area contributed by atoms with Gasteiger partial charge in [-0.1, -0.05) is 36.4 Å². The summed E-state index contributed by atoms with van der Waals surface area (Å²) >= 11 is 0. The van der Waals surface area contributed by atoms with Crippen LogP contribution in [-0.2, 0) is 0 Å². The van der Waals surface area contributed by atoms with Gasteiger partial charge >= 0.3 is 0 Å². The van der Waals surface area contributed by atoms with Crippen LogP contribution < -0.4 is 0 Å². The van der Waals surface area contributed by atoms with E-state index in [2.05, 4.69) is 64.1 Å². The van der Waals surface area contributed by atoms with Crippen molar-refractivity contribution < 1.29 is 0 Å². The molecule has 0 amide bonds. The highest BCUT2D eigenvalue weighted by Gasteiger charge is 2.01. The molecule has 16 heavy (non-hydrogen) atoms. The van der Waals surface area contributed by atoms with Crippen LogP contribution in [0.15, 0.2) is 36.4 Å². The minimum atomic E-state index is 1.31. The fraction of sp³-hybridized carbons (Fsp3) is 0.250. The number of hydrogen-bond acceptors (Lipinski definition) is 0. The summed E-state index contributed by atoms with van der Waals surface area (Å²) in [6.07, 6.45) is 0. The number of benzene rings is 2. The van der Waals surface area contributed by atoms with Crippen LogP contribution in [-0.4, -0.2) is 0 Å². The molecule has 0 aromatic heterocycles. The van der Waals surface area contributed by atoms with Crippen LogP contribution in [0.3, 0.4) is 0 Å². The molecule has 82 valence electrons. The molecule has 0 aliphatic heterocycles. The molecule has 0 radical (unpaired) electrons. The number of hydrogen-bond donors (Lipinski definition) is 0. The van der Waals surface area contributed by atoms with E-state index in [1.165, 1.54) is 33.4 Å². The molecule has 0 nitrogen and oxygen atoms in total. The summed E-state index contributed by atoms with van der Waals surface area (Å²) in [6, 6.07) is 13.3. The Kier molecular flexibility index (Phi) is 2.82. The molecule has 0 saturated heterocycles. The molecule has 0 unspecified atom stereocenters. The predicted molar refractivity (Wildman–Crippen MR) is 70.8 cm³/mol. The highest BCUT2D eigenvalue weighted by atomic mass is 14.1. The molecule has 0 heterocycles. The van der Waals surface area contributed by atoms with Gasteiger partial charge < -0.3 is 0 Å². The highest BCUT2D eigenvalue weighted by Crippen LogP contribution is 2.24. The van der Waals surface area contributed by atoms with Crippen LogP contribution >= 0.6 is 0 Å². The Morgan fingerprint density at radius 3 is 1.19 bits per heavy atom. The average Bonchev–Trinajstić information content (AvgIpc) is 2.26. The number of rotatable bonds is 1. The van der Waals surface area contributed by atoms with Gasteiger partial charge in [0.25, 0.3) is 0 Å². The summed E-state index contributed by atoms with van der Waals surface area (Å²) in [5.74, 6) is 0. The van der Waals surface area contributed by atoms with Crippen LogP contribution in [0.1, 0.15) is 22.3 Å². The second-order valence-electron chi connectivity index (χ2n) is 4.60. The molecular weight excluding hydrogens is 192 g/mol. The Bertz CT molecular complexity index is 472. The predicted octanol–water partition coefficient (Wildman–Crippen LogP) is 4.59. The van der Waals surface area contributed by atoms with Gasteiger partial charge in [0.2, 0.25) is 0 Å². The van der Waals surface area contributed by atoms with Crippen molar-refractivity contribution in [1.82, 2.24) is 0 Å². The van der Waals surface area contributed by atoms with Gasteiger partial charge in [-0.25, -0.2) is 0 Å². The third kappa shape index (κ3) is 2.01. The number of aryl methyl sites for hydroxylation is 4. The minimum absolute atomic E-state index is 1.31. The molecule has 0 aliphatic carbocycles. The SMILES string of the molecule is Cc1ccc(-c2ccc(C)c(C)c2)cc1C. The van der Waals surface area contributed by atoms with Crippen molar-refractivity contribution in [3.05, 3.63) is 58.7 Å². The third-order valence-corrected chi connectivity index (χ3v) is 3.35. The average molecular weight is 210 g/mol. The van der Waals surface area contributed by atoms with E-state index in [-0.39, 0.29) is 0 Å². The van der Waals surface area contributed by atoms with Crippen molar-refractivity contribution in [1.29, 1.82) is 0 Å². The second kappa shape index (κ2) is 4.13. The van der Waals surface area contributed by atoms with Gasteiger partial charge in [-0.05, 0) is 61.1 Å². The first kappa shape index (κ1) is 10.9. The topological polar surface area (TPSA) is 0 Å². The van der Waals surface area contributed by atoms with Crippen molar-refractivity contribution in [3.63, 3.8) is 0 Å².